The van der Waals surface area contributed by atoms with Crippen LogP contribution in [0.15, 0.2) is 59.6 Å². The van der Waals surface area contributed by atoms with Gasteiger partial charge in [-0.2, -0.15) is 0 Å². The van der Waals surface area contributed by atoms with Crippen molar-refractivity contribution in [1.82, 2.24) is 0 Å². The van der Waals surface area contributed by atoms with Crippen molar-refractivity contribution in [3.63, 3.8) is 0 Å². The van der Waals surface area contributed by atoms with E-state index in [-0.39, 0.29) is 11.6 Å². The van der Waals surface area contributed by atoms with Gasteiger partial charge in [-0.1, -0.05) is 43.7 Å². The average Bonchev–Trinajstić information content (AvgIpc) is 2.63. The van der Waals surface area contributed by atoms with Crippen LogP contribution in [0.3, 0.4) is 0 Å². The average molecular weight is 367 g/mol. The number of carboxylic acid groups (broad SMARTS) is 1. The second-order valence-electron chi connectivity index (χ2n) is 6.32. The number of nitrogens with two attached hydrogens (primary N) is 1. The number of aliphatic imine (C=N–C) groups is 1. The SMILES string of the molecule is CCCC(C(=O)O)C(C(C)=N)C(=Nc1ccccc1N)Oc1ccccc1. The molecule has 0 saturated heterocycles. The first-order chi connectivity index (χ1) is 12.9. The summed E-state index contributed by atoms with van der Waals surface area (Å²) < 4.78 is 5.96. The quantitative estimate of drug-likeness (QED) is 0.362. The minimum atomic E-state index is -0.973. The van der Waals surface area contributed by atoms with Crippen LogP contribution in [0, 0.1) is 17.2 Å². The van der Waals surface area contributed by atoms with Gasteiger partial charge in [-0.25, -0.2) is 4.99 Å². The lowest BCUT2D eigenvalue weighted by Crippen LogP contribution is -2.37. The third kappa shape index (κ3) is 5.41. The van der Waals surface area contributed by atoms with Gasteiger partial charge in [-0.3, -0.25) is 4.79 Å². The van der Waals surface area contributed by atoms with Gasteiger partial charge < -0.3 is 21.0 Å². The third-order valence-electron chi connectivity index (χ3n) is 4.18. The number of hydrogen-bond acceptors (Lipinski definition) is 5. The second-order valence-corrected chi connectivity index (χ2v) is 6.32. The van der Waals surface area contributed by atoms with Gasteiger partial charge in [0.05, 0.1) is 23.2 Å². The van der Waals surface area contributed by atoms with Crippen LogP contribution in [0.25, 0.3) is 0 Å². The van der Waals surface area contributed by atoms with E-state index < -0.39 is 17.8 Å². The van der Waals surface area contributed by atoms with E-state index in [1.807, 2.05) is 25.1 Å². The molecule has 2 aromatic rings. The van der Waals surface area contributed by atoms with Crippen LogP contribution in [-0.2, 0) is 4.79 Å². The first kappa shape index (κ1) is 20.2. The maximum atomic E-state index is 11.9. The Bertz CT molecular complexity index is 818. The van der Waals surface area contributed by atoms with Gasteiger partial charge in [-0.15, -0.1) is 0 Å². The van der Waals surface area contributed by atoms with Crippen molar-refractivity contribution >= 4 is 29.0 Å². The summed E-state index contributed by atoms with van der Waals surface area (Å²) in [5.41, 5.74) is 7.12. The summed E-state index contributed by atoms with van der Waals surface area (Å²) >= 11 is 0. The van der Waals surface area contributed by atoms with Crippen LogP contribution in [0.5, 0.6) is 5.75 Å². The zero-order chi connectivity index (χ0) is 19.8. The smallest absolute Gasteiger partial charge is 0.307 e. The van der Waals surface area contributed by atoms with Crippen LogP contribution < -0.4 is 10.5 Å². The number of hydrogen-bond donors (Lipinski definition) is 3. The van der Waals surface area contributed by atoms with Crippen molar-refractivity contribution in [2.75, 3.05) is 5.73 Å². The number of para-hydroxylation sites is 3. The number of nitrogen functional groups attached to an aromatic ring is 1. The molecular weight excluding hydrogens is 342 g/mol. The van der Waals surface area contributed by atoms with Gasteiger partial charge >= 0.3 is 5.97 Å². The summed E-state index contributed by atoms with van der Waals surface area (Å²) in [6, 6.07) is 16.0. The molecule has 0 radical (unpaired) electrons. The van der Waals surface area contributed by atoms with Crippen molar-refractivity contribution in [2.45, 2.75) is 26.7 Å². The van der Waals surface area contributed by atoms with Crippen molar-refractivity contribution in [1.29, 1.82) is 5.41 Å². The van der Waals surface area contributed by atoms with Crippen LogP contribution in [-0.4, -0.2) is 22.7 Å². The molecule has 6 nitrogen and oxygen atoms in total. The van der Waals surface area contributed by atoms with E-state index in [1.54, 1.807) is 43.3 Å². The fourth-order valence-electron chi connectivity index (χ4n) is 2.88. The molecule has 2 aromatic carbocycles. The fraction of sp³-hybridized carbons (Fsp3) is 0.286. The van der Waals surface area contributed by atoms with Gasteiger partial charge in [0.2, 0.25) is 5.90 Å². The summed E-state index contributed by atoms with van der Waals surface area (Å²) in [7, 11) is 0. The molecule has 0 fully saturated rings. The first-order valence-corrected chi connectivity index (χ1v) is 8.87. The molecule has 2 rings (SSSR count). The zero-order valence-corrected chi connectivity index (χ0v) is 15.6. The molecule has 2 atom stereocenters. The predicted octanol–water partition coefficient (Wildman–Crippen LogP) is 4.53. The molecule has 0 aliphatic carbocycles. The van der Waals surface area contributed by atoms with Gasteiger partial charge in [0.15, 0.2) is 0 Å². The molecule has 27 heavy (non-hydrogen) atoms. The highest BCUT2D eigenvalue weighted by Gasteiger charge is 2.35. The highest BCUT2D eigenvalue weighted by molar-refractivity contribution is 6.06. The van der Waals surface area contributed by atoms with E-state index in [9.17, 15) is 9.90 Å². The zero-order valence-electron chi connectivity index (χ0n) is 15.6. The van der Waals surface area contributed by atoms with Crippen LogP contribution in [0.2, 0.25) is 0 Å². The molecular formula is C21H25N3O3. The number of rotatable bonds is 8. The number of nitrogens with zero attached hydrogens (tertiary/aromatic N) is 1. The van der Waals surface area contributed by atoms with Gasteiger partial charge in [0.1, 0.15) is 5.75 Å². The topological polar surface area (TPSA) is 109 Å². The lowest BCUT2D eigenvalue weighted by atomic mass is 9.85. The first-order valence-electron chi connectivity index (χ1n) is 8.87. The lowest BCUT2D eigenvalue weighted by Gasteiger charge is -2.24. The summed E-state index contributed by atoms with van der Waals surface area (Å²) in [4.78, 5) is 16.4. The largest absolute Gasteiger partial charge is 0.481 e. The van der Waals surface area contributed by atoms with E-state index >= 15 is 0 Å². The number of carboxylic acids is 1. The maximum Gasteiger partial charge on any atom is 0.307 e. The summed E-state index contributed by atoms with van der Waals surface area (Å²) in [6.07, 6.45) is 1.09. The molecule has 0 bridgehead atoms. The highest BCUT2D eigenvalue weighted by Crippen LogP contribution is 2.28. The van der Waals surface area contributed by atoms with E-state index in [2.05, 4.69) is 4.99 Å². The van der Waals surface area contributed by atoms with Crippen molar-refractivity contribution in [3.8, 4) is 5.75 Å². The Balaban J connectivity index is 2.55. The highest BCUT2D eigenvalue weighted by atomic mass is 16.5. The van der Waals surface area contributed by atoms with E-state index in [1.165, 1.54) is 0 Å². The molecule has 4 N–H and O–H groups in total. The Morgan fingerprint density at radius 1 is 1.19 bits per heavy atom. The monoisotopic (exact) mass is 367 g/mol. The third-order valence-corrected chi connectivity index (χ3v) is 4.18. The standard InChI is InChI=1S/C21H25N3O3/c1-3-9-16(21(25)26)19(14(2)22)20(27-15-10-5-4-6-11-15)24-18-13-8-7-12-17(18)23/h4-8,10-13,16,19,22H,3,9,23H2,1-2H3,(H,25,26). The second kappa shape index (κ2) is 9.52. The lowest BCUT2D eigenvalue weighted by molar-refractivity contribution is -0.142. The van der Waals surface area contributed by atoms with Crippen molar-refractivity contribution in [3.05, 3.63) is 54.6 Å². The molecule has 0 heterocycles. The summed E-state index contributed by atoms with van der Waals surface area (Å²) in [5.74, 6) is -1.88. The number of aliphatic carboxylic acids is 1. The summed E-state index contributed by atoms with van der Waals surface area (Å²) in [6.45, 7) is 3.49. The Kier molecular flexibility index (Phi) is 7.11. The number of carbonyl (C=O) groups is 1. The molecule has 2 unspecified atom stereocenters. The van der Waals surface area contributed by atoms with Gasteiger partial charge in [-0.05, 0) is 37.6 Å². The maximum absolute atomic E-state index is 11.9. The molecule has 0 aliphatic rings. The molecule has 0 saturated carbocycles. The molecule has 0 spiro atoms. The Hall–Kier alpha value is -3.15. The van der Waals surface area contributed by atoms with Crippen molar-refractivity contribution in [2.24, 2.45) is 16.8 Å². The van der Waals surface area contributed by atoms with Crippen LogP contribution in [0.4, 0.5) is 11.4 Å². The molecule has 0 amide bonds. The normalized spacial score (nSPS) is 13.6. The Labute approximate surface area is 159 Å². The van der Waals surface area contributed by atoms with E-state index in [0.717, 1.165) is 0 Å². The minimum Gasteiger partial charge on any atom is -0.481 e. The number of nitrogens with one attached hydrogen (secondary N) is 1. The van der Waals surface area contributed by atoms with Crippen molar-refractivity contribution < 1.29 is 14.6 Å². The number of ether oxygens (including phenoxy) is 1. The van der Waals surface area contributed by atoms with Crippen LogP contribution >= 0.6 is 0 Å². The Morgan fingerprint density at radius 2 is 1.81 bits per heavy atom. The number of benzene rings is 2. The Morgan fingerprint density at radius 3 is 2.37 bits per heavy atom. The molecule has 142 valence electrons. The fourth-order valence-corrected chi connectivity index (χ4v) is 2.88. The van der Waals surface area contributed by atoms with E-state index in [4.69, 9.17) is 15.9 Å². The molecule has 6 heteroatoms. The minimum absolute atomic E-state index is 0.160. The van der Waals surface area contributed by atoms with Gasteiger partial charge in [0.25, 0.3) is 0 Å². The van der Waals surface area contributed by atoms with E-state index in [0.29, 0.717) is 30.0 Å². The number of anilines is 1. The molecule has 0 aliphatic heterocycles. The molecule has 0 aromatic heterocycles. The van der Waals surface area contributed by atoms with Gasteiger partial charge in [0, 0.05) is 5.71 Å². The predicted molar refractivity (Wildman–Crippen MR) is 108 cm³/mol. The summed E-state index contributed by atoms with van der Waals surface area (Å²) in [5, 5.41) is 17.9. The van der Waals surface area contributed by atoms with Crippen LogP contribution in [0.1, 0.15) is 26.7 Å².